The topological polar surface area (TPSA) is 47.6 Å². The van der Waals surface area contributed by atoms with E-state index in [2.05, 4.69) is 5.32 Å². The molecule has 0 fully saturated rings. The molecule has 2 aromatic rings. The van der Waals surface area contributed by atoms with Gasteiger partial charge < -0.3 is 14.8 Å². The number of carbonyl (C=O) groups excluding carboxylic acids is 1. The number of benzene rings is 2. The molecule has 2 aromatic carbocycles. The van der Waals surface area contributed by atoms with Crippen molar-refractivity contribution in [1.82, 2.24) is 5.32 Å². The quantitative estimate of drug-likeness (QED) is 0.892. The van der Waals surface area contributed by atoms with Crippen molar-refractivity contribution < 1.29 is 14.3 Å². The lowest BCUT2D eigenvalue weighted by molar-refractivity contribution is 0.0954. The standard InChI is InChI=1S/C18H21NO3/c1-13-12-15(6-9-17(13)22-3)18(20)19-11-10-14-4-7-16(21-2)8-5-14/h4-9,12H,10-11H2,1-3H3,(H,19,20). The molecule has 4 nitrogen and oxygen atoms in total. The van der Waals surface area contributed by atoms with E-state index in [0.29, 0.717) is 12.1 Å². The molecular formula is C18H21NO3. The minimum absolute atomic E-state index is 0.0701. The maximum Gasteiger partial charge on any atom is 0.251 e. The second-order valence-corrected chi connectivity index (χ2v) is 5.04. The van der Waals surface area contributed by atoms with E-state index in [0.717, 1.165) is 29.0 Å². The molecule has 0 saturated carbocycles. The third-order valence-corrected chi connectivity index (χ3v) is 3.52. The molecule has 0 radical (unpaired) electrons. The number of rotatable bonds is 6. The second kappa shape index (κ2) is 7.50. The molecule has 116 valence electrons. The highest BCUT2D eigenvalue weighted by Gasteiger charge is 2.07. The van der Waals surface area contributed by atoms with E-state index >= 15 is 0 Å². The Labute approximate surface area is 131 Å². The molecule has 0 unspecified atom stereocenters. The first-order chi connectivity index (χ1) is 10.6. The van der Waals surface area contributed by atoms with Crippen molar-refractivity contribution in [1.29, 1.82) is 0 Å². The van der Waals surface area contributed by atoms with Crippen LogP contribution in [0.25, 0.3) is 0 Å². The number of methoxy groups -OCH3 is 2. The molecule has 2 rings (SSSR count). The van der Waals surface area contributed by atoms with Crippen LogP contribution in [0.3, 0.4) is 0 Å². The van der Waals surface area contributed by atoms with Gasteiger partial charge >= 0.3 is 0 Å². The Balaban J connectivity index is 1.88. The minimum Gasteiger partial charge on any atom is -0.497 e. The van der Waals surface area contributed by atoms with E-state index in [1.807, 2.05) is 43.3 Å². The summed E-state index contributed by atoms with van der Waals surface area (Å²) in [5.74, 6) is 1.55. The first-order valence-electron chi connectivity index (χ1n) is 7.20. The third kappa shape index (κ3) is 4.01. The molecule has 0 aliphatic heterocycles. The van der Waals surface area contributed by atoms with Crippen LogP contribution in [-0.4, -0.2) is 26.7 Å². The summed E-state index contributed by atoms with van der Waals surface area (Å²) in [6.07, 6.45) is 0.783. The molecule has 0 bridgehead atoms. The summed E-state index contributed by atoms with van der Waals surface area (Å²) in [5, 5.41) is 2.93. The summed E-state index contributed by atoms with van der Waals surface area (Å²) in [6.45, 7) is 2.52. The van der Waals surface area contributed by atoms with Crippen LogP contribution in [0, 0.1) is 6.92 Å². The van der Waals surface area contributed by atoms with E-state index in [9.17, 15) is 4.79 Å². The number of nitrogens with one attached hydrogen (secondary N) is 1. The van der Waals surface area contributed by atoms with E-state index in [1.54, 1.807) is 20.3 Å². The Morgan fingerprint density at radius 3 is 2.36 bits per heavy atom. The zero-order chi connectivity index (χ0) is 15.9. The molecule has 4 heteroatoms. The van der Waals surface area contributed by atoms with Gasteiger partial charge in [-0.25, -0.2) is 0 Å². The van der Waals surface area contributed by atoms with Crippen molar-refractivity contribution in [3.05, 3.63) is 59.2 Å². The number of aryl methyl sites for hydroxylation is 1. The van der Waals surface area contributed by atoms with Gasteiger partial charge in [-0.05, 0) is 54.8 Å². The minimum atomic E-state index is -0.0701. The van der Waals surface area contributed by atoms with Crippen molar-refractivity contribution in [3.63, 3.8) is 0 Å². The molecule has 0 saturated heterocycles. The summed E-state index contributed by atoms with van der Waals surface area (Å²) in [7, 11) is 3.27. The SMILES string of the molecule is COc1ccc(CCNC(=O)c2ccc(OC)c(C)c2)cc1. The van der Waals surface area contributed by atoms with Gasteiger partial charge in [-0.15, -0.1) is 0 Å². The van der Waals surface area contributed by atoms with Crippen LogP contribution in [0.1, 0.15) is 21.5 Å². The number of hydrogen-bond acceptors (Lipinski definition) is 3. The summed E-state index contributed by atoms with van der Waals surface area (Å²) < 4.78 is 10.3. The number of ether oxygens (including phenoxy) is 2. The van der Waals surface area contributed by atoms with Gasteiger partial charge in [0.1, 0.15) is 11.5 Å². The molecule has 0 spiro atoms. The van der Waals surface area contributed by atoms with Gasteiger partial charge in [0, 0.05) is 12.1 Å². The fourth-order valence-electron chi connectivity index (χ4n) is 2.23. The molecule has 0 aliphatic carbocycles. The fraction of sp³-hybridized carbons (Fsp3) is 0.278. The summed E-state index contributed by atoms with van der Waals surface area (Å²) in [6, 6.07) is 13.3. The predicted molar refractivity (Wildman–Crippen MR) is 86.8 cm³/mol. The molecular weight excluding hydrogens is 278 g/mol. The molecule has 1 amide bonds. The number of hydrogen-bond donors (Lipinski definition) is 1. The monoisotopic (exact) mass is 299 g/mol. The fourth-order valence-corrected chi connectivity index (χ4v) is 2.23. The van der Waals surface area contributed by atoms with Crippen molar-refractivity contribution in [2.75, 3.05) is 20.8 Å². The molecule has 0 atom stereocenters. The summed E-state index contributed by atoms with van der Waals surface area (Å²) in [4.78, 5) is 12.1. The molecule has 0 aliphatic rings. The largest absolute Gasteiger partial charge is 0.497 e. The first kappa shape index (κ1) is 15.9. The smallest absolute Gasteiger partial charge is 0.251 e. The first-order valence-corrected chi connectivity index (χ1v) is 7.20. The van der Waals surface area contributed by atoms with Crippen LogP contribution in [0.4, 0.5) is 0 Å². The van der Waals surface area contributed by atoms with Gasteiger partial charge in [-0.2, -0.15) is 0 Å². The van der Waals surface area contributed by atoms with Crippen molar-refractivity contribution in [2.45, 2.75) is 13.3 Å². The molecule has 0 aromatic heterocycles. The van der Waals surface area contributed by atoms with E-state index < -0.39 is 0 Å². The van der Waals surface area contributed by atoms with Crippen molar-refractivity contribution >= 4 is 5.91 Å². The highest BCUT2D eigenvalue weighted by molar-refractivity contribution is 5.94. The second-order valence-electron chi connectivity index (χ2n) is 5.04. The number of amides is 1. The Morgan fingerprint density at radius 1 is 1.05 bits per heavy atom. The lowest BCUT2D eigenvalue weighted by Gasteiger charge is -2.09. The van der Waals surface area contributed by atoms with Crippen molar-refractivity contribution in [3.8, 4) is 11.5 Å². The highest BCUT2D eigenvalue weighted by atomic mass is 16.5. The predicted octanol–water partition coefficient (Wildman–Crippen LogP) is 2.98. The van der Waals surface area contributed by atoms with E-state index in [1.165, 1.54) is 0 Å². The van der Waals surface area contributed by atoms with Gasteiger partial charge in [0.15, 0.2) is 0 Å². The Kier molecular flexibility index (Phi) is 5.42. The molecule has 22 heavy (non-hydrogen) atoms. The van der Waals surface area contributed by atoms with Crippen LogP contribution in [0.2, 0.25) is 0 Å². The third-order valence-electron chi connectivity index (χ3n) is 3.52. The average molecular weight is 299 g/mol. The van der Waals surface area contributed by atoms with Crippen LogP contribution < -0.4 is 14.8 Å². The molecule has 1 N–H and O–H groups in total. The lowest BCUT2D eigenvalue weighted by atomic mass is 10.1. The molecule has 0 heterocycles. The van der Waals surface area contributed by atoms with Crippen LogP contribution >= 0.6 is 0 Å². The van der Waals surface area contributed by atoms with Crippen molar-refractivity contribution in [2.24, 2.45) is 0 Å². The summed E-state index contributed by atoms with van der Waals surface area (Å²) in [5.41, 5.74) is 2.75. The zero-order valence-corrected chi connectivity index (χ0v) is 13.2. The Hall–Kier alpha value is -2.49. The Morgan fingerprint density at radius 2 is 1.77 bits per heavy atom. The normalized spacial score (nSPS) is 10.1. The maximum absolute atomic E-state index is 12.1. The lowest BCUT2D eigenvalue weighted by Crippen LogP contribution is -2.25. The van der Waals surface area contributed by atoms with Gasteiger partial charge in [-0.1, -0.05) is 12.1 Å². The maximum atomic E-state index is 12.1. The highest BCUT2D eigenvalue weighted by Crippen LogP contribution is 2.18. The van der Waals surface area contributed by atoms with E-state index in [-0.39, 0.29) is 5.91 Å². The van der Waals surface area contributed by atoms with Gasteiger partial charge in [0.05, 0.1) is 14.2 Å². The zero-order valence-electron chi connectivity index (χ0n) is 13.2. The van der Waals surface area contributed by atoms with Gasteiger partial charge in [0.2, 0.25) is 0 Å². The van der Waals surface area contributed by atoms with E-state index in [4.69, 9.17) is 9.47 Å². The van der Waals surface area contributed by atoms with Gasteiger partial charge in [-0.3, -0.25) is 4.79 Å². The average Bonchev–Trinajstić information content (AvgIpc) is 2.55. The summed E-state index contributed by atoms with van der Waals surface area (Å²) >= 11 is 0. The van der Waals surface area contributed by atoms with Crippen LogP contribution in [-0.2, 0) is 6.42 Å². The Bertz CT molecular complexity index is 635. The van der Waals surface area contributed by atoms with Gasteiger partial charge in [0.25, 0.3) is 5.91 Å². The number of carbonyl (C=O) groups is 1. The van der Waals surface area contributed by atoms with Crippen LogP contribution in [0.5, 0.6) is 11.5 Å². The van der Waals surface area contributed by atoms with Crippen LogP contribution in [0.15, 0.2) is 42.5 Å².